The highest BCUT2D eigenvalue weighted by Crippen LogP contribution is 2.27. The van der Waals surface area contributed by atoms with E-state index in [4.69, 9.17) is 4.42 Å². The van der Waals surface area contributed by atoms with Crippen LogP contribution in [0.2, 0.25) is 0 Å². The Bertz CT molecular complexity index is 890. The van der Waals surface area contributed by atoms with Crippen LogP contribution in [0.5, 0.6) is 0 Å². The minimum atomic E-state index is -0.803. The molecule has 1 N–H and O–H groups in total. The SMILES string of the molecule is Cc1ccc2oc(C(=O)N3CCC(O)(Cn4ccnc4)CC3)cc2c1. The first-order valence-corrected chi connectivity index (χ1v) is 8.50. The number of hydrogen-bond donors (Lipinski definition) is 1. The van der Waals surface area contributed by atoms with E-state index < -0.39 is 5.60 Å². The van der Waals surface area contributed by atoms with Crippen molar-refractivity contribution in [3.8, 4) is 0 Å². The third kappa shape index (κ3) is 3.17. The Labute approximate surface area is 145 Å². The van der Waals surface area contributed by atoms with Crippen LogP contribution in [0, 0.1) is 6.92 Å². The number of fused-ring (bicyclic) bond motifs is 1. The van der Waals surface area contributed by atoms with Crippen molar-refractivity contribution in [1.29, 1.82) is 0 Å². The molecule has 3 heterocycles. The number of rotatable bonds is 3. The fourth-order valence-electron chi connectivity index (χ4n) is 3.43. The summed E-state index contributed by atoms with van der Waals surface area (Å²) in [5, 5.41) is 11.7. The number of imidazole rings is 1. The topological polar surface area (TPSA) is 71.5 Å². The molecule has 6 nitrogen and oxygen atoms in total. The zero-order valence-corrected chi connectivity index (χ0v) is 14.2. The molecule has 1 amide bonds. The number of aliphatic hydroxyl groups is 1. The lowest BCUT2D eigenvalue weighted by molar-refractivity contribution is -0.0297. The van der Waals surface area contributed by atoms with E-state index >= 15 is 0 Å². The fraction of sp³-hybridized carbons (Fsp3) is 0.368. The third-order valence-electron chi connectivity index (χ3n) is 4.90. The number of piperidine rings is 1. The number of furan rings is 1. The van der Waals surface area contributed by atoms with Gasteiger partial charge in [-0.25, -0.2) is 4.98 Å². The first-order chi connectivity index (χ1) is 12.0. The van der Waals surface area contributed by atoms with Gasteiger partial charge in [0.15, 0.2) is 5.76 Å². The first kappa shape index (κ1) is 15.9. The van der Waals surface area contributed by atoms with Crippen LogP contribution in [-0.4, -0.2) is 44.2 Å². The number of amides is 1. The summed E-state index contributed by atoms with van der Waals surface area (Å²) in [5.74, 6) is 0.249. The van der Waals surface area contributed by atoms with Crippen molar-refractivity contribution in [2.24, 2.45) is 0 Å². The van der Waals surface area contributed by atoms with Crippen molar-refractivity contribution in [2.75, 3.05) is 13.1 Å². The molecule has 3 aromatic rings. The molecule has 0 unspecified atom stereocenters. The van der Waals surface area contributed by atoms with Crippen LogP contribution < -0.4 is 0 Å². The van der Waals surface area contributed by atoms with Crippen molar-refractivity contribution in [3.63, 3.8) is 0 Å². The molecule has 0 radical (unpaired) electrons. The van der Waals surface area contributed by atoms with Gasteiger partial charge in [-0.3, -0.25) is 4.79 Å². The summed E-state index contributed by atoms with van der Waals surface area (Å²) in [6.07, 6.45) is 6.32. The Hall–Kier alpha value is -2.60. The van der Waals surface area contributed by atoms with Crippen LogP contribution in [0.15, 0.2) is 47.4 Å². The van der Waals surface area contributed by atoms with Crippen molar-refractivity contribution in [3.05, 3.63) is 54.3 Å². The Balaban J connectivity index is 1.45. The molecule has 1 aliphatic heterocycles. The molecular formula is C19H21N3O3. The summed E-state index contributed by atoms with van der Waals surface area (Å²) in [6, 6.07) is 7.67. The van der Waals surface area contributed by atoms with E-state index in [1.165, 1.54) is 0 Å². The Kier molecular flexibility index (Phi) is 3.84. The minimum Gasteiger partial charge on any atom is -0.451 e. The molecule has 1 aliphatic rings. The van der Waals surface area contributed by atoms with Gasteiger partial charge in [0.25, 0.3) is 5.91 Å². The second-order valence-electron chi connectivity index (χ2n) is 6.90. The van der Waals surface area contributed by atoms with Gasteiger partial charge in [0.05, 0.1) is 18.5 Å². The predicted octanol–water partition coefficient (Wildman–Crippen LogP) is 2.61. The zero-order chi connectivity index (χ0) is 17.4. The minimum absolute atomic E-state index is 0.112. The summed E-state index contributed by atoms with van der Waals surface area (Å²) in [6.45, 7) is 3.54. The second kappa shape index (κ2) is 6.04. The molecule has 6 heteroatoms. The van der Waals surface area contributed by atoms with Crippen LogP contribution in [0.25, 0.3) is 11.0 Å². The lowest BCUT2D eigenvalue weighted by atomic mass is 9.91. The average molecular weight is 339 g/mol. The van der Waals surface area contributed by atoms with Crippen LogP contribution >= 0.6 is 0 Å². The van der Waals surface area contributed by atoms with Crippen LogP contribution in [0.3, 0.4) is 0 Å². The molecule has 0 saturated carbocycles. The Morgan fingerprint density at radius 1 is 1.32 bits per heavy atom. The maximum Gasteiger partial charge on any atom is 0.289 e. The van der Waals surface area contributed by atoms with Crippen LogP contribution in [-0.2, 0) is 6.54 Å². The molecule has 1 fully saturated rings. The summed E-state index contributed by atoms with van der Waals surface area (Å²) in [5.41, 5.74) is 1.06. The Morgan fingerprint density at radius 2 is 2.12 bits per heavy atom. The fourth-order valence-corrected chi connectivity index (χ4v) is 3.43. The van der Waals surface area contributed by atoms with E-state index in [-0.39, 0.29) is 5.91 Å². The van der Waals surface area contributed by atoms with Gasteiger partial charge < -0.3 is 19.0 Å². The second-order valence-corrected chi connectivity index (χ2v) is 6.90. The molecule has 0 bridgehead atoms. The van der Waals surface area contributed by atoms with E-state index in [9.17, 15) is 9.90 Å². The molecule has 1 aromatic carbocycles. The maximum absolute atomic E-state index is 12.7. The maximum atomic E-state index is 12.7. The molecule has 0 spiro atoms. The van der Waals surface area contributed by atoms with Crippen molar-refractivity contribution in [2.45, 2.75) is 31.9 Å². The number of hydrogen-bond acceptors (Lipinski definition) is 4. The number of aryl methyl sites for hydroxylation is 1. The van der Waals surface area contributed by atoms with Gasteiger partial charge in [0, 0.05) is 30.9 Å². The van der Waals surface area contributed by atoms with E-state index in [1.54, 1.807) is 23.5 Å². The van der Waals surface area contributed by atoms with E-state index in [0.29, 0.717) is 38.2 Å². The molecule has 4 rings (SSSR count). The molecule has 1 saturated heterocycles. The third-order valence-corrected chi connectivity index (χ3v) is 4.90. The van der Waals surface area contributed by atoms with E-state index in [1.807, 2.05) is 35.9 Å². The van der Waals surface area contributed by atoms with Gasteiger partial charge >= 0.3 is 0 Å². The van der Waals surface area contributed by atoms with Gasteiger partial charge in [-0.15, -0.1) is 0 Å². The van der Waals surface area contributed by atoms with Gasteiger partial charge in [-0.2, -0.15) is 0 Å². The number of carbonyl (C=O) groups excluding carboxylic acids is 1. The van der Waals surface area contributed by atoms with Crippen LogP contribution in [0.4, 0.5) is 0 Å². The van der Waals surface area contributed by atoms with Crippen molar-refractivity contribution in [1.82, 2.24) is 14.5 Å². The van der Waals surface area contributed by atoms with Gasteiger partial charge in [-0.1, -0.05) is 11.6 Å². The molecule has 25 heavy (non-hydrogen) atoms. The highest BCUT2D eigenvalue weighted by Gasteiger charge is 2.35. The van der Waals surface area contributed by atoms with E-state index in [2.05, 4.69) is 4.98 Å². The standard InChI is InChI=1S/C19H21N3O3/c1-14-2-3-16-15(10-14)11-17(25-16)18(23)22-7-4-19(24,5-8-22)12-21-9-6-20-13-21/h2-3,6,9-11,13,24H,4-5,7-8,12H2,1H3. The smallest absolute Gasteiger partial charge is 0.289 e. The number of carbonyl (C=O) groups is 1. The normalized spacial score (nSPS) is 17.1. The number of aromatic nitrogens is 2. The highest BCUT2D eigenvalue weighted by molar-refractivity contribution is 5.96. The molecule has 130 valence electrons. The molecular weight excluding hydrogens is 318 g/mol. The molecule has 2 aromatic heterocycles. The summed E-state index contributed by atoms with van der Waals surface area (Å²) < 4.78 is 7.58. The van der Waals surface area contributed by atoms with Gasteiger partial charge in [-0.05, 0) is 38.0 Å². The monoisotopic (exact) mass is 339 g/mol. The van der Waals surface area contributed by atoms with Crippen molar-refractivity contribution >= 4 is 16.9 Å². The number of likely N-dealkylation sites (tertiary alicyclic amines) is 1. The zero-order valence-electron chi connectivity index (χ0n) is 14.2. The Morgan fingerprint density at radius 3 is 2.84 bits per heavy atom. The largest absolute Gasteiger partial charge is 0.451 e. The summed E-state index contributed by atoms with van der Waals surface area (Å²) in [7, 11) is 0. The number of benzene rings is 1. The molecule has 0 aliphatic carbocycles. The lowest BCUT2D eigenvalue weighted by Gasteiger charge is -2.38. The summed E-state index contributed by atoms with van der Waals surface area (Å²) in [4.78, 5) is 18.5. The summed E-state index contributed by atoms with van der Waals surface area (Å²) >= 11 is 0. The van der Waals surface area contributed by atoms with Gasteiger partial charge in [0.2, 0.25) is 0 Å². The first-order valence-electron chi connectivity index (χ1n) is 8.50. The van der Waals surface area contributed by atoms with Gasteiger partial charge in [0.1, 0.15) is 5.58 Å². The number of nitrogens with zero attached hydrogens (tertiary/aromatic N) is 3. The highest BCUT2D eigenvalue weighted by atomic mass is 16.3. The quantitative estimate of drug-likeness (QED) is 0.796. The van der Waals surface area contributed by atoms with E-state index in [0.717, 1.165) is 16.5 Å². The van der Waals surface area contributed by atoms with Crippen LogP contribution in [0.1, 0.15) is 29.0 Å². The predicted molar refractivity (Wildman–Crippen MR) is 93.3 cm³/mol. The molecule has 0 atom stereocenters. The average Bonchev–Trinajstić information content (AvgIpc) is 3.23. The lowest BCUT2D eigenvalue weighted by Crippen LogP contribution is -2.48. The van der Waals surface area contributed by atoms with Crippen molar-refractivity contribution < 1.29 is 14.3 Å².